The molecule has 14 heavy (non-hydrogen) atoms. The van der Waals surface area contributed by atoms with Crippen LogP contribution in [-0.2, 0) is 9.53 Å². The Kier molecular flexibility index (Phi) is 3.06. The number of allylic oxidation sites excluding steroid dienone is 2. The van der Waals surface area contributed by atoms with Crippen molar-refractivity contribution < 1.29 is 9.53 Å². The third-order valence-corrected chi connectivity index (χ3v) is 2.23. The maximum absolute atomic E-state index is 11.5. The van der Waals surface area contributed by atoms with Gasteiger partial charge in [0.25, 0.3) is 0 Å². The van der Waals surface area contributed by atoms with E-state index in [1.54, 1.807) is 6.08 Å². The topological polar surface area (TPSA) is 26.3 Å². The molecule has 0 saturated carbocycles. The van der Waals surface area contributed by atoms with Gasteiger partial charge in [0.05, 0.1) is 6.61 Å². The first-order chi connectivity index (χ1) is 6.48. The van der Waals surface area contributed by atoms with E-state index in [4.69, 9.17) is 4.74 Å². The summed E-state index contributed by atoms with van der Waals surface area (Å²) >= 11 is 0. The Balaban J connectivity index is 2.90. The quantitative estimate of drug-likeness (QED) is 0.642. The molecule has 0 unspecified atom stereocenters. The van der Waals surface area contributed by atoms with Gasteiger partial charge in [0.15, 0.2) is 5.78 Å². The number of hydrogen-bond acceptors (Lipinski definition) is 2. The van der Waals surface area contributed by atoms with Crippen LogP contribution >= 0.6 is 0 Å². The van der Waals surface area contributed by atoms with Crippen LogP contribution < -0.4 is 0 Å². The predicted molar refractivity (Wildman–Crippen MR) is 57.1 cm³/mol. The molecule has 0 radical (unpaired) electrons. The fourth-order valence-corrected chi connectivity index (χ4v) is 1.67. The van der Waals surface area contributed by atoms with Gasteiger partial charge < -0.3 is 4.74 Å². The zero-order valence-corrected chi connectivity index (χ0v) is 8.96. The maximum Gasteiger partial charge on any atom is 0.184 e. The Morgan fingerprint density at radius 1 is 1.43 bits per heavy atom. The minimum Gasteiger partial charge on any atom is -0.363 e. The lowest BCUT2D eigenvalue weighted by Crippen LogP contribution is -2.29. The summed E-state index contributed by atoms with van der Waals surface area (Å²) in [5.74, 6) is 0.102. The molecule has 1 aliphatic carbocycles. The second-order valence-corrected chi connectivity index (χ2v) is 3.77. The van der Waals surface area contributed by atoms with E-state index in [0.29, 0.717) is 6.61 Å². The van der Waals surface area contributed by atoms with Gasteiger partial charge in [0.1, 0.15) is 5.60 Å². The summed E-state index contributed by atoms with van der Waals surface area (Å²) in [7, 11) is 0. The van der Waals surface area contributed by atoms with Crippen LogP contribution in [-0.4, -0.2) is 18.0 Å². The summed E-state index contributed by atoms with van der Waals surface area (Å²) in [4.78, 5) is 11.5. The molecule has 2 heteroatoms. The molecule has 0 aliphatic heterocycles. The zero-order chi connectivity index (χ0) is 10.8. The van der Waals surface area contributed by atoms with E-state index in [2.05, 4.69) is 6.58 Å². The molecule has 0 aromatic rings. The van der Waals surface area contributed by atoms with Crippen molar-refractivity contribution in [3.63, 3.8) is 0 Å². The number of carbonyl (C=O) groups is 1. The molecule has 0 amide bonds. The summed E-state index contributed by atoms with van der Waals surface area (Å²) in [5, 5.41) is 0. The highest BCUT2D eigenvalue weighted by Gasteiger charge is 2.26. The molecular formula is C12H16O2. The van der Waals surface area contributed by atoms with Gasteiger partial charge in [0.2, 0.25) is 0 Å². The molecule has 1 aliphatic rings. The van der Waals surface area contributed by atoms with Gasteiger partial charge in [-0.15, -0.1) is 6.58 Å². The highest BCUT2D eigenvalue weighted by atomic mass is 16.5. The average Bonchev–Trinajstić information content (AvgIpc) is 2.11. The van der Waals surface area contributed by atoms with Crippen molar-refractivity contribution in [3.05, 3.63) is 36.0 Å². The molecule has 0 N–H and O–H groups in total. The summed E-state index contributed by atoms with van der Waals surface area (Å²) in [5.41, 5.74) is 1.03. The van der Waals surface area contributed by atoms with E-state index in [1.165, 1.54) is 0 Å². The van der Waals surface area contributed by atoms with Crippen molar-refractivity contribution in [1.29, 1.82) is 0 Å². The SMILES string of the molecule is C=CCOC1(C)C=C(C)C(=O)C(C)=C1. The fourth-order valence-electron chi connectivity index (χ4n) is 1.67. The summed E-state index contributed by atoms with van der Waals surface area (Å²) in [6, 6.07) is 0. The Morgan fingerprint density at radius 3 is 2.36 bits per heavy atom. The van der Waals surface area contributed by atoms with Crippen LogP contribution in [0.4, 0.5) is 0 Å². The summed E-state index contributed by atoms with van der Waals surface area (Å²) in [6.45, 7) is 9.65. The fraction of sp³-hybridized carbons (Fsp3) is 0.417. The van der Waals surface area contributed by atoms with Crippen LogP contribution in [0.5, 0.6) is 0 Å². The van der Waals surface area contributed by atoms with Crippen molar-refractivity contribution in [3.8, 4) is 0 Å². The van der Waals surface area contributed by atoms with E-state index in [-0.39, 0.29) is 5.78 Å². The van der Waals surface area contributed by atoms with Crippen LogP contribution in [0.15, 0.2) is 36.0 Å². The summed E-state index contributed by atoms with van der Waals surface area (Å²) < 4.78 is 5.59. The standard InChI is InChI=1S/C12H16O2/c1-5-6-14-12(4)7-9(2)11(13)10(3)8-12/h5,7-8H,1,6H2,2-4H3. The Labute approximate surface area is 85.0 Å². The molecule has 76 valence electrons. The molecule has 0 spiro atoms. The van der Waals surface area contributed by atoms with E-state index in [9.17, 15) is 4.79 Å². The smallest absolute Gasteiger partial charge is 0.184 e. The lowest BCUT2D eigenvalue weighted by atomic mass is 9.89. The Morgan fingerprint density at radius 2 is 1.93 bits per heavy atom. The second-order valence-electron chi connectivity index (χ2n) is 3.77. The molecule has 2 nitrogen and oxygen atoms in total. The number of hydrogen-bond donors (Lipinski definition) is 0. The van der Waals surface area contributed by atoms with Crippen molar-refractivity contribution in [2.75, 3.05) is 6.61 Å². The highest BCUT2D eigenvalue weighted by molar-refractivity contribution is 6.08. The molecule has 0 heterocycles. The molecule has 0 aromatic heterocycles. The third-order valence-electron chi connectivity index (χ3n) is 2.23. The maximum atomic E-state index is 11.5. The normalized spacial score (nSPS) is 20.1. The van der Waals surface area contributed by atoms with Gasteiger partial charge in [0, 0.05) is 0 Å². The second kappa shape index (κ2) is 3.93. The molecule has 1 rings (SSSR count). The van der Waals surface area contributed by atoms with Gasteiger partial charge in [-0.25, -0.2) is 0 Å². The van der Waals surface area contributed by atoms with E-state index in [0.717, 1.165) is 11.1 Å². The van der Waals surface area contributed by atoms with Crippen LogP contribution in [0.2, 0.25) is 0 Å². The largest absolute Gasteiger partial charge is 0.363 e. The minimum atomic E-state index is -0.462. The molecule has 0 atom stereocenters. The number of Topliss-reactive ketones (excluding diaryl/α,β-unsaturated/α-hetero) is 1. The lowest BCUT2D eigenvalue weighted by molar-refractivity contribution is -0.112. The number of carbonyl (C=O) groups excluding carboxylic acids is 1. The monoisotopic (exact) mass is 192 g/mol. The van der Waals surface area contributed by atoms with E-state index in [1.807, 2.05) is 32.9 Å². The summed E-state index contributed by atoms with van der Waals surface area (Å²) in [6.07, 6.45) is 5.41. The number of ketones is 1. The average molecular weight is 192 g/mol. The van der Waals surface area contributed by atoms with Crippen molar-refractivity contribution >= 4 is 5.78 Å². The van der Waals surface area contributed by atoms with Crippen LogP contribution in [0.25, 0.3) is 0 Å². The lowest BCUT2D eigenvalue weighted by Gasteiger charge is -2.27. The van der Waals surface area contributed by atoms with Gasteiger partial charge in [-0.05, 0) is 44.1 Å². The first-order valence-electron chi connectivity index (χ1n) is 4.67. The van der Waals surface area contributed by atoms with Crippen LogP contribution in [0.3, 0.4) is 0 Å². The molecule has 0 fully saturated rings. The van der Waals surface area contributed by atoms with Gasteiger partial charge in [-0.2, -0.15) is 0 Å². The van der Waals surface area contributed by atoms with Gasteiger partial charge in [-0.3, -0.25) is 4.79 Å². The first kappa shape index (κ1) is 10.9. The van der Waals surface area contributed by atoms with Crippen molar-refractivity contribution in [2.24, 2.45) is 0 Å². The third kappa shape index (κ3) is 2.20. The predicted octanol–water partition coefficient (Wildman–Crippen LogP) is 2.42. The molecule has 0 saturated heterocycles. The first-order valence-corrected chi connectivity index (χ1v) is 4.67. The van der Waals surface area contributed by atoms with Crippen LogP contribution in [0, 0.1) is 0 Å². The molecule has 0 bridgehead atoms. The zero-order valence-electron chi connectivity index (χ0n) is 8.96. The molecule has 0 aromatic carbocycles. The van der Waals surface area contributed by atoms with E-state index >= 15 is 0 Å². The van der Waals surface area contributed by atoms with E-state index < -0.39 is 5.60 Å². The Bertz CT molecular complexity index is 299. The minimum absolute atomic E-state index is 0.102. The number of rotatable bonds is 3. The van der Waals surface area contributed by atoms with Gasteiger partial charge >= 0.3 is 0 Å². The Hall–Kier alpha value is -1.15. The van der Waals surface area contributed by atoms with Crippen molar-refractivity contribution in [2.45, 2.75) is 26.4 Å². The number of ether oxygens (including phenoxy) is 1. The molecular weight excluding hydrogens is 176 g/mol. The highest BCUT2D eigenvalue weighted by Crippen LogP contribution is 2.25. The van der Waals surface area contributed by atoms with Gasteiger partial charge in [-0.1, -0.05) is 6.08 Å². The van der Waals surface area contributed by atoms with Crippen LogP contribution in [0.1, 0.15) is 20.8 Å². The van der Waals surface area contributed by atoms with Crippen molar-refractivity contribution in [1.82, 2.24) is 0 Å².